The van der Waals surface area contributed by atoms with E-state index in [1.807, 2.05) is 31.2 Å². The Morgan fingerprint density at radius 1 is 0.931 bits per heavy atom. The molecule has 0 amide bonds. The molecule has 0 spiro atoms. The van der Waals surface area contributed by atoms with Crippen LogP contribution in [0.25, 0.3) is 6.08 Å². The average Bonchev–Trinajstić information content (AvgIpc) is 2.86. The summed E-state index contributed by atoms with van der Waals surface area (Å²) in [6.07, 6.45) is 1.99. The summed E-state index contributed by atoms with van der Waals surface area (Å²) in [5, 5.41) is 7.85. The van der Waals surface area contributed by atoms with Crippen LogP contribution in [-0.4, -0.2) is 61.8 Å². The number of aryl methyl sites for hydroxylation is 3. The zero-order valence-corrected chi connectivity index (χ0v) is 18.4. The highest BCUT2D eigenvalue weighted by molar-refractivity contribution is 7.92. The van der Waals surface area contributed by atoms with Crippen LogP contribution in [0.4, 0.5) is 0 Å². The Bertz CT molecular complexity index is 1080. The second-order valence-corrected chi connectivity index (χ2v) is 10.9. The Kier molecular flexibility index (Phi) is 6.27. The van der Waals surface area contributed by atoms with Crippen molar-refractivity contribution in [2.45, 2.75) is 32.1 Å². The molecule has 3 rings (SSSR count). The molecule has 1 aliphatic rings. The number of sulfonamides is 2. The van der Waals surface area contributed by atoms with E-state index in [0.717, 1.165) is 11.1 Å². The van der Waals surface area contributed by atoms with Gasteiger partial charge in [0, 0.05) is 31.6 Å². The third kappa shape index (κ3) is 4.77. The van der Waals surface area contributed by atoms with Gasteiger partial charge in [-0.05, 0) is 38.8 Å². The number of aromatic amines is 1. The van der Waals surface area contributed by atoms with E-state index in [-0.39, 0.29) is 31.1 Å². The van der Waals surface area contributed by atoms with E-state index in [1.54, 1.807) is 19.9 Å². The molecule has 0 unspecified atom stereocenters. The summed E-state index contributed by atoms with van der Waals surface area (Å²) in [6, 6.07) is 7.54. The molecule has 0 bridgehead atoms. The van der Waals surface area contributed by atoms with Gasteiger partial charge in [-0.1, -0.05) is 29.8 Å². The van der Waals surface area contributed by atoms with Crippen molar-refractivity contribution in [3.8, 4) is 0 Å². The van der Waals surface area contributed by atoms with E-state index >= 15 is 0 Å². The van der Waals surface area contributed by atoms with Crippen molar-refractivity contribution in [3.63, 3.8) is 0 Å². The molecule has 29 heavy (non-hydrogen) atoms. The standard InChI is InChI=1S/C19H26N4O4S2/c1-15-5-7-18(8-6-15)9-14-28(24,25)22-10-4-11-23(13-12-22)29(26,27)19-16(2)20-21-17(19)3/h5-9,14H,4,10-13H2,1-3H3,(H,20,21)/b14-9+. The van der Waals surface area contributed by atoms with Gasteiger partial charge in [0.15, 0.2) is 0 Å². The van der Waals surface area contributed by atoms with Crippen molar-refractivity contribution < 1.29 is 16.8 Å². The first-order chi connectivity index (χ1) is 13.6. The number of hydrogen-bond donors (Lipinski definition) is 1. The van der Waals surface area contributed by atoms with Gasteiger partial charge in [0.05, 0.1) is 11.4 Å². The number of benzene rings is 1. The van der Waals surface area contributed by atoms with E-state index in [2.05, 4.69) is 10.2 Å². The lowest BCUT2D eigenvalue weighted by atomic mass is 10.2. The van der Waals surface area contributed by atoms with Crippen LogP contribution in [-0.2, 0) is 20.0 Å². The van der Waals surface area contributed by atoms with Gasteiger partial charge in [-0.3, -0.25) is 5.10 Å². The van der Waals surface area contributed by atoms with Crippen molar-refractivity contribution in [1.29, 1.82) is 0 Å². The molecule has 1 aliphatic heterocycles. The molecule has 0 radical (unpaired) electrons. The van der Waals surface area contributed by atoms with E-state index in [4.69, 9.17) is 0 Å². The fourth-order valence-corrected chi connectivity index (χ4v) is 6.37. The number of aromatic nitrogens is 2. The van der Waals surface area contributed by atoms with Crippen molar-refractivity contribution in [2.24, 2.45) is 0 Å². The Balaban J connectivity index is 1.74. The third-order valence-electron chi connectivity index (χ3n) is 4.94. The number of rotatable bonds is 5. The summed E-state index contributed by atoms with van der Waals surface area (Å²) in [5.41, 5.74) is 2.79. The van der Waals surface area contributed by atoms with Crippen molar-refractivity contribution in [3.05, 3.63) is 52.2 Å². The Labute approximate surface area is 172 Å². The van der Waals surface area contributed by atoms with Gasteiger partial charge in [-0.2, -0.15) is 13.7 Å². The lowest BCUT2D eigenvalue weighted by Gasteiger charge is -2.21. The maximum absolute atomic E-state index is 13.0. The van der Waals surface area contributed by atoms with Crippen molar-refractivity contribution in [2.75, 3.05) is 26.2 Å². The molecule has 2 heterocycles. The van der Waals surface area contributed by atoms with Gasteiger partial charge >= 0.3 is 0 Å². The quantitative estimate of drug-likeness (QED) is 0.769. The first-order valence-corrected chi connectivity index (χ1v) is 12.3. The first kappa shape index (κ1) is 21.7. The molecule has 10 heteroatoms. The number of hydrogen-bond acceptors (Lipinski definition) is 5. The van der Waals surface area contributed by atoms with Gasteiger partial charge in [-0.15, -0.1) is 0 Å². The van der Waals surface area contributed by atoms with Gasteiger partial charge in [0.1, 0.15) is 4.90 Å². The summed E-state index contributed by atoms with van der Waals surface area (Å²) in [4.78, 5) is 0.174. The average molecular weight is 439 g/mol. The van der Waals surface area contributed by atoms with E-state index < -0.39 is 20.0 Å². The Hall–Kier alpha value is -2.01. The summed E-state index contributed by atoms with van der Waals surface area (Å²) < 4.78 is 54.2. The second-order valence-electron chi connectivity index (χ2n) is 7.18. The smallest absolute Gasteiger partial charge is 0.246 e. The van der Waals surface area contributed by atoms with Crippen LogP contribution in [0.15, 0.2) is 34.6 Å². The molecule has 0 saturated carbocycles. The minimum atomic E-state index is -3.73. The topological polar surface area (TPSA) is 103 Å². The molecule has 0 aliphatic carbocycles. The zero-order chi connectivity index (χ0) is 21.2. The highest BCUT2D eigenvalue weighted by Gasteiger charge is 2.32. The van der Waals surface area contributed by atoms with E-state index in [9.17, 15) is 16.8 Å². The molecular weight excluding hydrogens is 412 g/mol. The summed E-state index contributed by atoms with van der Waals surface area (Å²) >= 11 is 0. The van der Waals surface area contributed by atoms with Crippen LogP contribution < -0.4 is 0 Å². The molecule has 2 aromatic rings. The molecule has 1 aromatic carbocycles. The number of nitrogens with one attached hydrogen (secondary N) is 1. The maximum Gasteiger partial charge on any atom is 0.246 e. The normalized spacial score (nSPS) is 17.6. The molecule has 0 atom stereocenters. The molecule has 1 saturated heterocycles. The molecule has 158 valence electrons. The maximum atomic E-state index is 13.0. The molecule has 8 nitrogen and oxygen atoms in total. The highest BCUT2D eigenvalue weighted by atomic mass is 32.2. The monoisotopic (exact) mass is 438 g/mol. The molecule has 1 aromatic heterocycles. The van der Waals surface area contributed by atoms with Crippen LogP contribution in [0.1, 0.15) is 28.9 Å². The predicted octanol–water partition coefficient (Wildman–Crippen LogP) is 2.03. The summed E-state index contributed by atoms with van der Waals surface area (Å²) in [5.74, 6) is 0. The fraction of sp³-hybridized carbons (Fsp3) is 0.421. The van der Waals surface area contributed by atoms with Gasteiger partial charge < -0.3 is 0 Å². The molecule has 1 N–H and O–H groups in total. The molecule has 1 fully saturated rings. The Morgan fingerprint density at radius 2 is 1.55 bits per heavy atom. The van der Waals surface area contributed by atoms with Gasteiger partial charge in [0.25, 0.3) is 0 Å². The zero-order valence-electron chi connectivity index (χ0n) is 16.8. The largest absolute Gasteiger partial charge is 0.281 e. The fourth-order valence-electron chi connectivity index (χ4n) is 3.34. The number of H-pyrrole nitrogens is 1. The van der Waals surface area contributed by atoms with Gasteiger partial charge in [-0.25, -0.2) is 16.8 Å². The number of nitrogens with zero attached hydrogens (tertiary/aromatic N) is 3. The highest BCUT2D eigenvalue weighted by Crippen LogP contribution is 2.23. The van der Waals surface area contributed by atoms with Crippen LogP contribution in [0.2, 0.25) is 0 Å². The van der Waals surface area contributed by atoms with E-state index in [0.29, 0.717) is 17.8 Å². The first-order valence-electron chi connectivity index (χ1n) is 9.38. The van der Waals surface area contributed by atoms with Crippen molar-refractivity contribution >= 4 is 26.1 Å². The van der Waals surface area contributed by atoms with Crippen LogP contribution in [0, 0.1) is 20.8 Å². The lowest BCUT2D eigenvalue weighted by molar-refractivity contribution is 0.407. The molecular formula is C19H26N4O4S2. The summed E-state index contributed by atoms with van der Waals surface area (Å²) in [6.45, 7) is 6.02. The van der Waals surface area contributed by atoms with Crippen LogP contribution in [0.5, 0.6) is 0 Å². The second kappa shape index (κ2) is 8.39. The van der Waals surface area contributed by atoms with Crippen LogP contribution >= 0.6 is 0 Å². The minimum Gasteiger partial charge on any atom is -0.281 e. The van der Waals surface area contributed by atoms with E-state index in [1.165, 1.54) is 14.0 Å². The predicted molar refractivity (Wildman–Crippen MR) is 112 cm³/mol. The SMILES string of the molecule is Cc1ccc(/C=C/S(=O)(=O)N2CCCN(S(=O)(=O)c3c(C)n[nH]c3C)CC2)cc1. The van der Waals surface area contributed by atoms with Crippen molar-refractivity contribution in [1.82, 2.24) is 18.8 Å². The summed E-state index contributed by atoms with van der Waals surface area (Å²) in [7, 11) is -7.37. The Morgan fingerprint density at radius 3 is 2.17 bits per heavy atom. The van der Waals surface area contributed by atoms with Gasteiger partial charge in [0.2, 0.25) is 20.0 Å². The lowest BCUT2D eigenvalue weighted by Crippen LogP contribution is -2.37. The third-order valence-corrected chi connectivity index (χ3v) is 8.67. The minimum absolute atomic E-state index is 0.101. The van der Waals surface area contributed by atoms with Crippen LogP contribution in [0.3, 0.4) is 0 Å².